The van der Waals surface area contributed by atoms with Gasteiger partial charge in [-0.25, -0.2) is 9.97 Å². The number of fused-ring (bicyclic) bond motifs is 15. The van der Waals surface area contributed by atoms with Crippen LogP contribution in [0.15, 0.2) is 193 Å². The number of nitrogens with zero attached hydrogens (tertiary/aromatic N) is 3. The van der Waals surface area contributed by atoms with Crippen LogP contribution < -0.4 is 4.74 Å². The molecule has 280 valence electrons. The minimum atomic E-state index is -0.561. The summed E-state index contributed by atoms with van der Waals surface area (Å²) in [5, 5.41) is 4.42. The van der Waals surface area contributed by atoms with Crippen LogP contribution in [0, 0.1) is 0 Å². The first kappa shape index (κ1) is 33.3. The minimum Gasteiger partial charge on any atom is -0.457 e. The summed E-state index contributed by atoms with van der Waals surface area (Å²) in [4.78, 5) is 15.9. The lowest BCUT2D eigenvalue weighted by atomic mass is 9.65. The zero-order chi connectivity index (χ0) is 39.4. The number of ether oxygens (including phenoxy) is 1. The van der Waals surface area contributed by atoms with E-state index in [9.17, 15) is 0 Å². The molecule has 4 heteroatoms. The highest BCUT2D eigenvalue weighted by molar-refractivity contribution is 6.13. The smallest absolute Gasteiger partial charge is 0.132 e. The second-order valence-electron chi connectivity index (χ2n) is 16.2. The van der Waals surface area contributed by atoms with Crippen LogP contribution in [0.25, 0.3) is 66.2 Å². The topological polar surface area (TPSA) is 47.4 Å². The van der Waals surface area contributed by atoms with Crippen LogP contribution in [0.5, 0.6) is 11.5 Å². The van der Waals surface area contributed by atoms with Crippen molar-refractivity contribution < 1.29 is 4.74 Å². The molecule has 1 aliphatic carbocycles. The van der Waals surface area contributed by atoms with Gasteiger partial charge in [-0.1, -0.05) is 158 Å². The van der Waals surface area contributed by atoms with Crippen molar-refractivity contribution in [2.24, 2.45) is 4.99 Å². The van der Waals surface area contributed by atoms with Crippen LogP contribution in [-0.4, -0.2) is 15.7 Å². The van der Waals surface area contributed by atoms with Crippen LogP contribution >= 0.6 is 0 Å². The van der Waals surface area contributed by atoms with Gasteiger partial charge >= 0.3 is 0 Å². The number of hydrogen-bond donors (Lipinski definition) is 0. The third-order valence-electron chi connectivity index (χ3n) is 13.0. The number of rotatable bonds is 3. The molecule has 0 saturated carbocycles. The van der Waals surface area contributed by atoms with Crippen molar-refractivity contribution in [2.75, 3.05) is 0 Å². The number of aromatic nitrogens is 2. The number of para-hydroxylation sites is 2. The number of pyridine rings is 2. The first-order valence-corrected chi connectivity index (χ1v) is 20.7. The molecule has 0 fully saturated rings. The van der Waals surface area contributed by atoms with Gasteiger partial charge < -0.3 is 4.74 Å². The van der Waals surface area contributed by atoms with Crippen LogP contribution in [-0.2, 0) is 11.8 Å². The molecule has 0 unspecified atom stereocenters. The molecule has 0 atom stereocenters. The van der Waals surface area contributed by atoms with Gasteiger partial charge in [0.1, 0.15) is 11.5 Å². The Kier molecular flexibility index (Phi) is 7.02. The van der Waals surface area contributed by atoms with E-state index in [-0.39, 0.29) is 0 Å². The lowest BCUT2D eigenvalue weighted by Crippen LogP contribution is -2.32. The largest absolute Gasteiger partial charge is 0.457 e. The van der Waals surface area contributed by atoms with E-state index in [0.29, 0.717) is 0 Å². The predicted molar refractivity (Wildman–Crippen MR) is 244 cm³/mol. The number of aryl methyl sites for hydroxylation is 1. The van der Waals surface area contributed by atoms with E-state index in [4.69, 9.17) is 19.7 Å². The van der Waals surface area contributed by atoms with Gasteiger partial charge in [-0.15, -0.1) is 0 Å². The summed E-state index contributed by atoms with van der Waals surface area (Å²) in [5.41, 5.74) is 17.2. The van der Waals surface area contributed by atoms with Crippen LogP contribution in [0.1, 0.15) is 39.8 Å². The maximum atomic E-state index is 6.92. The highest BCUT2D eigenvalue weighted by Gasteiger charge is 2.51. The first-order valence-electron chi connectivity index (χ1n) is 20.7. The predicted octanol–water partition coefficient (Wildman–Crippen LogP) is 13.8. The van der Waals surface area contributed by atoms with Gasteiger partial charge in [0.05, 0.1) is 33.5 Å². The van der Waals surface area contributed by atoms with Gasteiger partial charge in [-0.05, 0) is 81.9 Å². The fourth-order valence-electron chi connectivity index (χ4n) is 10.3. The van der Waals surface area contributed by atoms with Crippen molar-refractivity contribution in [3.05, 3.63) is 221 Å². The van der Waals surface area contributed by atoms with E-state index in [2.05, 4.69) is 182 Å². The van der Waals surface area contributed by atoms with Gasteiger partial charge in [0.25, 0.3) is 0 Å². The maximum absolute atomic E-state index is 6.92. The standard InChI is InChI=1S/C56H35N3O/c1-2-12-34(13-3-1)48-30-28-37-26-27-38-29-31-49(58-55(38)54(37)57-48)35-22-24-36(25-23-35)53-43-32-47-52(33-42(43)41-16-6-10-20-50(41)59-53)60-51-21-11-9-19-46(51)56(47)44-17-7-4-14-39(44)40-15-5-8-18-45(40)56/h1-28,30,32-33H,29,31H2. The van der Waals surface area contributed by atoms with Crippen molar-refractivity contribution in [1.82, 2.24) is 9.97 Å². The Balaban J connectivity index is 0.986. The summed E-state index contributed by atoms with van der Waals surface area (Å²) in [6, 6.07) is 67.4. The van der Waals surface area contributed by atoms with E-state index in [1.165, 1.54) is 27.8 Å². The molecule has 4 heterocycles. The Labute approximate surface area is 347 Å². The molecule has 10 aromatic rings. The first-order chi connectivity index (χ1) is 29.7. The Bertz CT molecular complexity index is 3410. The van der Waals surface area contributed by atoms with Crippen molar-refractivity contribution in [3.8, 4) is 45.1 Å². The molecule has 8 aromatic carbocycles. The summed E-state index contributed by atoms with van der Waals surface area (Å²) in [6.45, 7) is 0. The number of benzene rings is 8. The molecular weight excluding hydrogens is 731 g/mol. The molecule has 0 radical (unpaired) electrons. The average Bonchev–Trinajstić information content (AvgIpc) is 3.61. The monoisotopic (exact) mass is 765 g/mol. The SMILES string of the molecule is c1ccc(-c2ccc3ccc4c(c3n2)N=C(c2ccc(-c3nc5ccccc5c5cc6c(cc35)C3(c5ccccc5O6)c5ccccc5-c5ccccc53)cc2)CC4)cc1. The zero-order valence-corrected chi connectivity index (χ0v) is 32.6. The fourth-order valence-corrected chi connectivity index (χ4v) is 10.3. The minimum absolute atomic E-state index is 0.561. The molecule has 60 heavy (non-hydrogen) atoms. The number of hydrogen-bond acceptors (Lipinski definition) is 4. The highest BCUT2D eigenvalue weighted by atomic mass is 16.5. The Morgan fingerprint density at radius 2 is 1.13 bits per heavy atom. The molecule has 0 bridgehead atoms. The third kappa shape index (κ3) is 4.70. The summed E-state index contributed by atoms with van der Waals surface area (Å²) in [5.74, 6) is 1.76. The van der Waals surface area contributed by atoms with Crippen molar-refractivity contribution in [2.45, 2.75) is 18.3 Å². The quantitative estimate of drug-likeness (QED) is 0.168. The molecule has 3 aliphatic rings. The Morgan fingerprint density at radius 1 is 0.450 bits per heavy atom. The average molecular weight is 766 g/mol. The Hall–Kier alpha value is -7.69. The van der Waals surface area contributed by atoms with E-state index < -0.39 is 5.41 Å². The summed E-state index contributed by atoms with van der Waals surface area (Å²) in [6.07, 6.45) is 1.79. The maximum Gasteiger partial charge on any atom is 0.132 e. The van der Waals surface area contributed by atoms with Gasteiger partial charge in [0.15, 0.2) is 0 Å². The molecule has 4 nitrogen and oxygen atoms in total. The molecule has 2 aromatic heterocycles. The van der Waals surface area contributed by atoms with Gasteiger partial charge in [-0.3, -0.25) is 4.99 Å². The van der Waals surface area contributed by atoms with E-state index >= 15 is 0 Å². The van der Waals surface area contributed by atoms with Crippen LogP contribution in [0.3, 0.4) is 0 Å². The molecule has 0 amide bonds. The zero-order valence-electron chi connectivity index (χ0n) is 32.6. The number of aliphatic imine (C=N–C) groups is 1. The third-order valence-corrected chi connectivity index (χ3v) is 13.0. The fraction of sp³-hybridized carbons (Fsp3) is 0.0536. The summed E-state index contributed by atoms with van der Waals surface area (Å²) >= 11 is 0. The van der Waals surface area contributed by atoms with Crippen LogP contribution in [0.2, 0.25) is 0 Å². The molecule has 2 aliphatic heterocycles. The molecule has 0 saturated heterocycles. The summed E-state index contributed by atoms with van der Waals surface area (Å²) < 4.78 is 6.92. The van der Waals surface area contributed by atoms with Gasteiger partial charge in [0, 0.05) is 44.1 Å². The lowest BCUT2D eigenvalue weighted by Gasteiger charge is -2.39. The van der Waals surface area contributed by atoms with Crippen LogP contribution in [0.4, 0.5) is 5.69 Å². The van der Waals surface area contributed by atoms with Gasteiger partial charge in [0.2, 0.25) is 0 Å². The normalized spacial score (nSPS) is 14.2. The second kappa shape index (κ2) is 12.7. The van der Waals surface area contributed by atoms with Crippen molar-refractivity contribution in [1.29, 1.82) is 0 Å². The molecule has 1 spiro atoms. The van der Waals surface area contributed by atoms with Gasteiger partial charge in [-0.2, -0.15) is 0 Å². The van der Waals surface area contributed by atoms with E-state index in [1.807, 2.05) is 6.07 Å². The second-order valence-corrected chi connectivity index (χ2v) is 16.2. The molecule has 0 N–H and O–H groups in total. The van der Waals surface area contributed by atoms with Crippen molar-refractivity contribution >= 4 is 44.0 Å². The highest BCUT2D eigenvalue weighted by Crippen LogP contribution is 2.62. The summed E-state index contributed by atoms with van der Waals surface area (Å²) in [7, 11) is 0. The van der Waals surface area contributed by atoms with Crippen molar-refractivity contribution in [3.63, 3.8) is 0 Å². The Morgan fingerprint density at radius 3 is 1.95 bits per heavy atom. The lowest BCUT2D eigenvalue weighted by molar-refractivity contribution is 0.437. The van der Waals surface area contributed by atoms with E-state index in [0.717, 1.165) is 108 Å². The van der Waals surface area contributed by atoms with E-state index in [1.54, 1.807) is 0 Å². The molecular formula is C56H35N3O. The molecule has 13 rings (SSSR count).